The Balaban J connectivity index is 2.04. The second-order valence-corrected chi connectivity index (χ2v) is 5.39. The Labute approximate surface area is 115 Å². The molecule has 2 aliphatic heterocycles. The molecule has 0 saturated heterocycles. The normalized spacial score (nSPS) is 23.6. The Morgan fingerprint density at radius 3 is 2.50 bits per heavy atom. The van der Waals surface area contributed by atoms with Gasteiger partial charge in [0.05, 0.1) is 17.8 Å². The average molecular weight is 269 g/mol. The number of aromatic nitrogens is 3. The van der Waals surface area contributed by atoms with Crippen molar-refractivity contribution in [3.8, 4) is 5.69 Å². The van der Waals surface area contributed by atoms with Crippen LogP contribution >= 0.6 is 0 Å². The van der Waals surface area contributed by atoms with Gasteiger partial charge in [-0.05, 0) is 31.4 Å². The largest absolute Gasteiger partial charge is 0.352 e. The van der Waals surface area contributed by atoms with Crippen LogP contribution in [0.2, 0.25) is 0 Å². The van der Waals surface area contributed by atoms with Crippen molar-refractivity contribution in [2.45, 2.75) is 31.3 Å². The van der Waals surface area contributed by atoms with Gasteiger partial charge in [0.1, 0.15) is 0 Å². The Hall–Kier alpha value is -2.30. The standard InChI is InChI=1S/C15H15N3O2/c19-14-16(11-5-2-1-3-6-11)15(20)18-13-8-4-7-12(9-10-13)17(14)18/h1-7,12-13H,8-10H2/t12-,13+/m1/s1. The lowest BCUT2D eigenvalue weighted by molar-refractivity contribution is 0.257. The van der Waals surface area contributed by atoms with Crippen molar-refractivity contribution < 1.29 is 0 Å². The minimum Gasteiger partial charge on any atom is -0.245 e. The summed E-state index contributed by atoms with van der Waals surface area (Å²) in [5, 5.41) is 0. The van der Waals surface area contributed by atoms with Crippen molar-refractivity contribution >= 4 is 0 Å². The topological polar surface area (TPSA) is 48.9 Å². The van der Waals surface area contributed by atoms with E-state index in [1.165, 1.54) is 4.57 Å². The van der Waals surface area contributed by atoms with Crippen LogP contribution in [0, 0.1) is 0 Å². The molecule has 1 aliphatic carbocycles. The zero-order valence-electron chi connectivity index (χ0n) is 11.0. The van der Waals surface area contributed by atoms with Gasteiger partial charge in [-0.15, -0.1) is 0 Å². The molecule has 0 amide bonds. The van der Waals surface area contributed by atoms with E-state index >= 15 is 0 Å². The summed E-state index contributed by atoms with van der Waals surface area (Å²) >= 11 is 0. The van der Waals surface area contributed by atoms with Gasteiger partial charge in [0.2, 0.25) is 0 Å². The quantitative estimate of drug-likeness (QED) is 0.739. The molecular formula is C15H15N3O2. The Kier molecular flexibility index (Phi) is 2.36. The fourth-order valence-corrected chi connectivity index (χ4v) is 3.30. The first-order valence-electron chi connectivity index (χ1n) is 6.95. The molecule has 0 unspecified atom stereocenters. The number of rotatable bonds is 1. The maximum absolute atomic E-state index is 12.7. The molecule has 2 aromatic rings. The molecule has 0 spiro atoms. The van der Waals surface area contributed by atoms with Crippen molar-refractivity contribution in [1.82, 2.24) is 13.9 Å². The van der Waals surface area contributed by atoms with Crippen LogP contribution in [0.3, 0.4) is 0 Å². The minimum absolute atomic E-state index is 0.0129. The SMILES string of the molecule is O=c1n(-c2ccccc2)c(=O)n2n1[C@H]1CC=C[C@@H]2CC1. The summed E-state index contributed by atoms with van der Waals surface area (Å²) in [6.07, 6.45) is 6.86. The molecule has 3 aliphatic rings. The monoisotopic (exact) mass is 269 g/mol. The lowest BCUT2D eigenvalue weighted by Crippen LogP contribution is -2.35. The van der Waals surface area contributed by atoms with Crippen molar-refractivity contribution in [3.63, 3.8) is 0 Å². The van der Waals surface area contributed by atoms with Crippen LogP contribution in [0.5, 0.6) is 0 Å². The van der Waals surface area contributed by atoms with E-state index in [0.29, 0.717) is 5.69 Å². The fourth-order valence-electron chi connectivity index (χ4n) is 3.30. The maximum atomic E-state index is 12.7. The van der Waals surface area contributed by atoms with Gasteiger partial charge in [-0.25, -0.2) is 23.5 Å². The highest BCUT2D eigenvalue weighted by atomic mass is 16.2. The van der Waals surface area contributed by atoms with Crippen molar-refractivity contribution in [2.75, 3.05) is 0 Å². The minimum atomic E-state index is -0.234. The van der Waals surface area contributed by atoms with Gasteiger partial charge in [0.15, 0.2) is 0 Å². The molecule has 5 nitrogen and oxygen atoms in total. The van der Waals surface area contributed by atoms with E-state index < -0.39 is 0 Å². The van der Waals surface area contributed by atoms with Gasteiger partial charge in [-0.2, -0.15) is 0 Å². The summed E-state index contributed by atoms with van der Waals surface area (Å²) < 4.78 is 4.57. The summed E-state index contributed by atoms with van der Waals surface area (Å²) in [5.41, 5.74) is 0.181. The van der Waals surface area contributed by atoms with Crippen molar-refractivity contribution in [1.29, 1.82) is 0 Å². The van der Waals surface area contributed by atoms with E-state index in [1.54, 1.807) is 21.5 Å². The van der Waals surface area contributed by atoms with E-state index in [1.807, 2.05) is 18.2 Å². The molecule has 5 rings (SSSR count). The predicted molar refractivity (Wildman–Crippen MR) is 75.4 cm³/mol. The van der Waals surface area contributed by atoms with Gasteiger partial charge >= 0.3 is 11.4 Å². The molecule has 5 heteroatoms. The molecule has 1 aromatic carbocycles. The maximum Gasteiger partial charge on any atom is 0.352 e. The number of benzene rings is 1. The van der Waals surface area contributed by atoms with Crippen LogP contribution < -0.4 is 11.4 Å². The van der Waals surface area contributed by atoms with Crippen LogP contribution in [-0.4, -0.2) is 13.9 Å². The first-order valence-corrected chi connectivity index (χ1v) is 6.95. The average Bonchev–Trinajstić information content (AvgIpc) is 2.69. The van der Waals surface area contributed by atoms with E-state index in [2.05, 4.69) is 12.2 Å². The molecule has 0 fully saturated rings. The van der Waals surface area contributed by atoms with E-state index in [4.69, 9.17) is 0 Å². The van der Waals surface area contributed by atoms with Gasteiger partial charge in [-0.1, -0.05) is 30.4 Å². The smallest absolute Gasteiger partial charge is 0.245 e. The number of nitrogens with zero attached hydrogens (tertiary/aromatic N) is 3. The molecule has 3 heterocycles. The van der Waals surface area contributed by atoms with Gasteiger partial charge < -0.3 is 0 Å². The molecule has 102 valence electrons. The number of hydrogen-bond acceptors (Lipinski definition) is 2. The first kappa shape index (κ1) is 11.5. The van der Waals surface area contributed by atoms with E-state index in [0.717, 1.165) is 19.3 Å². The summed E-state index contributed by atoms with van der Waals surface area (Å²) in [4.78, 5) is 25.3. The first-order chi connectivity index (χ1) is 9.77. The van der Waals surface area contributed by atoms with Crippen molar-refractivity contribution in [2.24, 2.45) is 0 Å². The molecule has 2 atom stereocenters. The summed E-state index contributed by atoms with van der Waals surface area (Å²) in [6.45, 7) is 0. The Bertz CT molecular complexity index is 795. The predicted octanol–water partition coefficient (Wildman–Crippen LogP) is 1.64. The lowest BCUT2D eigenvalue weighted by atomic mass is 10.1. The zero-order chi connectivity index (χ0) is 13.7. The molecular weight excluding hydrogens is 254 g/mol. The third-order valence-corrected chi connectivity index (χ3v) is 4.24. The van der Waals surface area contributed by atoms with E-state index in [-0.39, 0.29) is 23.5 Å². The van der Waals surface area contributed by atoms with Crippen LogP contribution in [0.15, 0.2) is 52.1 Å². The second-order valence-electron chi connectivity index (χ2n) is 5.39. The van der Waals surface area contributed by atoms with Crippen LogP contribution in [-0.2, 0) is 0 Å². The van der Waals surface area contributed by atoms with Crippen molar-refractivity contribution in [3.05, 3.63) is 63.5 Å². The molecule has 2 bridgehead atoms. The zero-order valence-corrected chi connectivity index (χ0v) is 11.0. The van der Waals surface area contributed by atoms with Crippen LogP contribution in [0.4, 0.5) is 0 Å². The van der Waals surface area contributed by atoms with Gasteiger partial charge in [0.25, 0.3) is 0 Å². The molecule has 0 saturated carbocycles. The highest BCUT2D eigenvalue weighted by Crippen LogP contribution is 2.32. The third kappa shape index (κ3) is 1.43. The number of para-hydroxylation sites is 1. The molecule has 0 N–H and O–H groups in total. The number of fused-ring (bicyclic) bond motifs is 2. The lowest BCUT2D eigenvalue weighted by Gasteiger charge is -2.26. The highest BCUT2D eigenvalue weighted by Gasteiger charge is 2.32. The number of hydrogen-bond donors (Lipinski definition) is 0. The second kappa shape index (κ2) is 4.10. The summed E-state index contributed by atoms with van der Waals surface area (Å²) in [6, 6.07) is 9.25. The van der Waals surface area contributed by atoms with Gasteiger partial charge in [0, 0.05) is 0 Å². The fraction of sp³-hybridized carbons (Fsp3) is 0.333. The summed E-state index contributed by atoms with van der Waals surface area (Å²) in [5.74, 6) is 0. The third-order valence-electron chi connectivity index (χ3n) is 4.24. The van der Waals surface area contributed by atoms with Crippen LogP contribution in [0.1, 0.15) is 31.3 Å². The van der Waals surface area contributed by atoms with E-state index in [9.17, 15) is 9.59 Å². The number of allylic oxidation sites excluding steroid dienone is 2. The van der Waals surface area contributed by atoms with Gasteiger partial charge in [-0.3, -0.25) is 0 Å². The highest BCUT2D eigenvalue weighted by molar-refractivity contribution is 5.30. The summed E-state index contributed by atoms with van der Waals surface area (Å²) in [7, 11) is 0. The molecule has 0 radical (unpaired) electrons. The molecule has 1 aromatic heterocycles. The molecule has 20 heavy (non-hydrogen) atoms. The Morgan fingerprint density at radius 2 is 1.70 bits per heavy atom. The van der Waals surface area contributed by atoms with Crippen LogP contribution in [0.25, 0.3) is 5.69 Å². The Morgan fingerprint density at radius 1 is 0.950 bits per heavy atom.